The summed E-state index contributed by atoms with van der Waals surface area (Å²) < 4.78 is 11.5. The van der Waals surface area contributed by atoms with Gasteiger partial charge in [-0.1, -0.05) is 11.6 Å². The molecule has 0 aliphatic heterocycles. The molecule has 0 fully saturated rings. The lowest BCUT2D eigenvalue weighted by Crippen LogP contribution is -2.17. The average molecular weight is 503 g/mol. The minimum atomic E-state index is -1.08. The predicted octanol–water partition coefficient (Wildman–Crippen LogP) is 3.57. The molecule has 0 bridgehead atoms. The molecule has 0 atom stereocenters. The number of hydrazone groups is 1. The largest absolute Gasteiger partial charge is 0.490 e. The summed E-state index contributed by atoms with van der Waals surface area (Å²) in [6.07, 6.45) is 1.46. The summed E-state index contributed by atoms with van der Waals surface area (Å²) in [6, 6.07) is 9.81. The molecule has 2 rings (SSSR count). The highest BCUT2D eigenvalue weighted by Crippen LogP contribution is 2.33. The van der Waals surface area contributed by atoms with Gasteiger partial charge < -0.3 is 14.6 Å². The van der Waals surface area contributed by atoms with Crippen LogP contribution < -0.4 is 14.9 Å². The fourth-order valence-corrected chi connectivity index (χ4v) is 2.94. The van der Waals surface area contributed by atoms with Crippen LogP contribution in [-0.2, 0) is 4.79 Å². The maximum Gasteiger partial charge on any atom is 0.341 e. The number of carbonyl (C=O) groups excluding carboxylic acids is 1. The number of rotatable bonds is 8. The first-order chi connectivity index (χ1) is 12.9. The Kier molecular flexibility index (Phi) is 7.86. The van der Waals surface area contributed by atoms with Crippen LogP contribution >= 0.6 is 34.2 Å². The number of carbonyl (C=O) groups is 2. The number of carboxylic acid groups (broad SMARTS) is 1. The van der Waals surface area contributed by atoms with Crippen molar-refractivity contribution >= 4 is 52.3 Å². The van der Waals surface area contributed by atoms with Gasteiger partial charge in [0, 0.05) is 10.6 Å². The molecule has 0 spiro atoms. The molecule has 27 heavy (non-hydrogen) atoms. The van der Waals surface area contributed by atoms with E-state index in [1.54, 1.807) is 43.3 Å². The molecule has 1 amide bonds. The van der Waals surface area contributed by atoms with Crippen LogP contribution in [0.3, 0.4) is 0 Å². The molecule has 0 saturated carbocycles. The van der Waals surface area contributed by atoms with Crippen LogP contribution in [0.4, 0.5) is 0 Å². The van der Waals surface area contributed by atoms with Crippen molar-refractivity contribution in [1.82, 2.24) is 5.43 Å². The number of halogens is 2. The molecule has 0 heterocycles. The van der Waals surface area contributed by atoms with Gasteiger partial charge in [0.05, 0.1) is 16.4 Å². The van der Waals surface area contributed by atoms with E-state index in [0.717, 1.165) is 0 Å². The second kappa shape index (κ2) is 10.1. The van der Waals surface area contributed by atoms with E-state index in [2.05, 4.69) is 10.5 Å². The summed E-state index contributed by atoms with van der Waals surface area (Å²) in [5.41, 5.74) is 3.51. The third-order valence-electron chi connectivity index (χ3n) is 3.16. The number of ether oxygens (including phenoxy) is 2. The van der Waals surface area contributed by atoms with Crippen molar-refractivity contribution in [3.8, 4) is 11.5 Å². The van der Waals surface area contributed by atoms with Gasteiger partial charge in [-0.2, -0.15) is 5.10 Å². The van der Waals surface area contributed by atoms with E-state index in [9.17, 15) is 9.59 Å². The first-order valence-corrected chi connectivity index (χ1v) is 9.26. The zero-order valence-electron chi connectivity index (χ0n) is 14.2. The lowest BCUT2D eigenvalue weighted by atomic mass is 10.2. The van der Waals surface area contributed by atoms with Crippen molar-refractivity contribution in [2.24, 2.45) is 5.10 Å². The van der Waals surface area contributed by atoms with Crippen molar-refractivity contribution in [3.63, 3.8) is 0 Å². The molecule has 2 aromatic carbocycles. The number of benzene rings is 2. The normalized spacial score (nSPS) is 10.6. The fourth-order valence-electron chi connectivity index (χ4n) is 2.03. The van der Waals surface area contributed by atoms with Crippen molar-refractivity contribution in [2.75, 3.05) is 13.2 Å². The number of hydrogen-bond donors (Lipinski definition) is 2. The van der Waals surface area contributed by atoms with Crippen molar-refractivity contribution in [2.45, 2.75) is 6.92 Å². The van der Waals surface area contributed by atoms with E-state index >= 15 is 0 Å². The van der Waals surface area contributed by atoms with E-state index in [4.69, 9.17) is 26.2 Å². The summed E-state index contributed by atoms with van der Waals surface area (Å²) in [7, 11) is 0. The summed E-state index contributed by atoms with van der Waals surface area (Å²) in [5, 5.41) is 13.3. The summed E-state index contributed by atoms with van der Waals surface area (Å²) >= 11 is 7.81. The van der Waals surface area contributed by atoms with Crippen LogP contribution in [0.15, 0.2) is 41.5 Å². The third kappa shape index (κ3) is 6.40. The Morgan fingerprint density at radius 1 is 1.26 bits per heavy atom. The van der Waals surface area contributed by atoms with Crippen LogP contribution in [0, 0.1) is 3.57 Å². The number of nitrogens with zero attached hydrogens (tertiary/aromatic N) is 1. The van der Waals surface area contributed by atoms with Crippen LogP contribution in [0.1, 0.15) is 22.8 Å². The Morgan fingerprint density at radius 3 is 2.59 bits per heavy atom. The molecule has 9 heteroatoms. The summed E-state index contributed by atoms with van der Waals surface area (Å²) in [4.78, 5) is 22.7. The van der Waals surface area contributed by atoms with Gasteiger partial charge in [-0.25, -0.2) is 10.2 Å². The molecule has 0 aromatic heterocycles. The highest BCUT2D eigenvalue weighted by atomic mass is 127. The number of aliphatic carboxylic acids is 1. The minimum absolute atomic E-state index is 0.349. The molecular weight excluding hydrogens is 487 g/mol. The molecule has 0 aliphatic carbocycles. The molecule has 0 unspecified atom stereocenters. The van der Waals surface area contributed by atoms with E-state index < -0.39 is 12.6 Å². The highest BCUT2D eigenvalue weighted by Gasteiger charge is 2.13. The standard InChI is InChI=1S/C18H16ClIN2O5/c1-2-26-15-8-11(7-14(20)17(15)27-10-16(23)24)9-21-22-18(25)12-3-5-13(19)6-4-12/h3-9H,2,10H2,1H3,(H,22,25)(H,23,24)/b21-9-. The van der Waals surface area contributed by atoms with Gasteiger partial charge in [0.25, 0.3) is 5.91 Å². The summed E-state index contributed by atoms with van der Waals surface area (Å²) in [5.74, 6) is -0.703. The summed E-state index contributed by atoms with van der Waals surface area (Å²) in [6.45, 7) is 1.72. The van der Waals surface area contributed by atoms with E-state index in [1.165, 1.54) is 6.21 Å². The Morgan fingerprint density at radius 2 is 1.96 bits per heavy atom. The Bertz CT molecular complexity index is 856. The zero-order chi connectivity index (χ0) is 19.8. The molecule has 2 aromatic rings. The lowest BCUT2D eigenvalue weighted by molar-refractivity contribution is -0.139. The number of hydrogen-bond acceptors (Lipinski definition) is 5. The maximum absolute atomic E-state index is 12.0. The van der Waals surface area contributed by atoms with Gasteiger partial charge in [0.1, 0.15) is 0 Å². The quantitative estimate of drug-likeness (QED) is 0.327. The monoisotopic (exact) mass is 502 g/mol. The number of amides is 1. The SMILES string of the molecule is CCOc1cc(/C=N\NC(=O)c2ccc(Cl)cc2)cc(I)c1OCC(=O)O. The highest BCUT2D eigenvalue weighted by molar-refractivity contribution is 14.1. The molecule has 142 valence electrons. The topological polar surface area (TPSA) is 97.2 Å². The Hall–Kier alpha value is -2.33. The van der Waals surface area contributed by atoms with Crippen LogP contribution in [-0.4, -0.2) is 36.4 Å². The Balaban J connectivity index is 2.12. The smallest absolute Gasteiger partial charge is 0.341 e. The second-order valence-corrected chi connectivity index (χ2v) is 6.75. The van der Waals surface area contributed by atoms with Crippen LogP contribution in [0.2, 0.25) is 5.02 Å². The lowest BCUT2D eigenvalue weighted by Gasteiger charge is -2.13. The van der Waals surface area contributed by atoms with Gasteiger partial charge in [0.15, 0.2) is 18.1 Å². The van der Waals surface area contributed by atoms with Gasteiger partial charge in [0.2, 0.25) is 0 Å². The van der Waals surface area contributed by atoms with Gasteiger partial charge in [-0.15, -0.1) is 0 Å². The first kappa shape index (κ1) is 21.0. The third-order valence-corrected chi connectivity index (χ3v) is 4.21. The molecule has 0 saturated heterocycles. The molecule has 0 aliphatic rings. The van der Waals surface area contributed by atoms with Crippen LogP contribution in [0.25, 0.3) is 0 Å². The zero-order valence-corrected chi connectivity index (χ0v) is 17.2. The van der Waals surface area contributed by atoms with E-state index in [-0.39, 0.29) is 5.91 Å². The van der Waals surface area contributed by atoms with Crippen LogP contribution in [0.5, 0.6) is 11.5 Å². The van der Waals surface area contributed by atoms with E-state index in [0.29, 0.717) is 37.8 Å². The number of carboxylic acids is 1. The van der Waals surface area contributed by atoms with Gasteiger partial charge in [-0.05, 0) is 71.5 Å². The maximum atomic E-state index is 12.0. The van der Waals surface area contributed by atoms with Crippen molar-refractivity contribution < 1.29 is 24.2 Å². The fraction of sp³-hybridized carbons (Fsp3) is 0.167. The predicted molar refractivity (Wildman–Crippen MR) is 110 cm³/mol. The van der Waals surface area contributed by atoms with Crippen molar-refractivity contribution in [1.29, 1.82) is 0 Å². The van der Waals surface area contributed by atoms with Gasteiger partial charge >= 0.3 is 5.97 Å². The number of nitrogens with one attached hydrogen (secondary N) is 1. The molecule has 7 nitrogen and oxygen atoms in total. The molecule has 0 radical (unpaired) electrons. The molecular formula is C18H16ClIN2O5. The first-order valence-electron chi connectivity index (χ1n) is 7.80. The second-order valence-electron chi connectivity index (χ2n) is 5.15. The van der Waals surface area contributed by atoms with E-state index in [1.807, 2.05) is 22.6 Å². The Labute approximate surface area is 174 Å². The minimum Gasteiger partial charge on any atom is -0.490 e. The molecule has 2 N–H and O–H groups in total. The van der Waals surface area contributed by atoms with Crippen molar-refractivity contribution in [3.05, 3.63) is 56.1 Å². The average Bonchev–Trinajstić information content (AvgIpc) is 2.61. The van der Waals surface area contributed by atoms with Gasteiger partial charge in [-0.3, -0.25) is 4.79 Å².